The molecule has 16 aromatic rings. The second-order valence-corrected chi connectivity index (χ2v) is 19.5. The van der Waals surface area contributed by atoms with E-state index in [1.165, 1.54) is 0 Å². The molecule has 0 fully saturated rings. The van der Waals surface area contributed by atoms with Gasteiger partial charge in [0.25, 0.3) is 0 Å². The van der Waals surface area contributed by atoms with E-state index in [1.54, 1.807) is 0 Å². The van der Waals surface area contributed by atoms with E-state index >= 15 is 0 Å². The number of nitrogens with zero attached hydrogens (tertiary/aromatic N) is 2. The molecule has 0 atom stereocenters. The van der Waals surface area contributed by atoms with Gasteiger partial charge in [0.05, 0.1) is 11.4 Å². The molecule has 4 heterocycles. The summed E-state index contributed by atoms with van der Waals surface area (Å²) in [4.78, 5) is 4.54. The van der Waals surface area contributed by atoms with Crippen LogP contribution < -0.4 is 9.80 Å². The first kappa shape index (κ1) is 42.2. The Morgan fingerprint density at radius 1 is 0.197 bits per heavy atom. The van der Waals surface area contributed by atoms with Crippen LogP contribution in [0.5, 0.6) is 0 Å². The lowest BCUT2D eigenvalue weighted by atomic mass is 10.00. The first-order valence-corrected chi connectivity index (χ1v) is 25.6. The van der Waals surface area contributed by atoms with Gasteiger partial charge in [0.2, 0.25) is 0 Å². The Balaban J connectivity index is 0.724. The summed E-state index contributed by atoms with van der Waals surface area (Å²) in [5.74, 6) is 0. The molecule has 0 aliphatic carbocycles. The van der Waals surface area contributed by atoms with E-state index in [9.17, 15) is 0 Å². The lowest BCUT2D eigenvalue weighted by Gasteiger charge is -2.25. The smallest absolute Gasteiger partial charge is 0.159 e. The number of furan rings is 4. The SMILES string of the molecule is c1ccc(N(c2ccc(-c3ccc4c(c3)oc3c4ccc4c3ccc3c5ccc(-c6ccc(N(c7ccccc7)c7cccc8c7oc7ccccc78)cc6)cc5oc34)cc2)c2cccc3c2oc2ccccc23)cc1. The fourth-order valence-corrected chi connectivity index (χ4v) is 11.7. The summed E-state index contributed by atoms with van der Waals surface area (Å²) in [6, 6.07) is 89.4. The van der Waals surface area contributed by atoms with Crippen molar-refractivity contribution in [3.8, 4) is 22.3 Å². The van der Waals surface area contributed by atoms with Gasteiger partial charge in [-0.3, -0.25) is 0 Å². The average molecular weight is 975 g/mol. The maximum Gasteiger partial charge on any atom is 0.159 e. The van der Waals surface area contributed by atoms with Gasteiger partial charge in [-0.2, -0.15) is 0 Å². The lowest BCUT2D eigenvalue weighted by Crippen LogP contribution is -2.10. The summed E-state index contributed by atoms with van der Waals surface area (Å²) in [6.07, 6.45) is 0. The first-order chi connectivity index (χ1) is 37.7. The lowest BCUT2D eigenvalue weighted by molar-refractivity contribution is 0.668. The molecule has 356 valence electrons. The molecule has 12 aromatic carbocycles. The third kappa shape index (κ3) is 6.54. The summed E-state index contributed by atoms with van der Waals surface area (Å²) >= 11 is 0. The van der Waals surface area contributed by atoms with E-state index in [0.29, 0.717) is 0 Å². The number of para-hydroxylation sites is 6. The van der Waals surface area contributed by atoms with Crippen LogP contribution in [0.2, 0.25) is 0 Å². The fourth-order valence-electron chi connectivity index (χ4n) is 11.7. The van der Waals surface area contributed by atoms with Crippen LogP contribution in [0.25, 0.3) is 121 Å². The van der Waals surface area contributed by atoms with Crippen LogP contribution >= 0.6 is 0 Å². The van der Waals surface area contributed by atoms with Crippen molar-refractivity contribution in [2.75, 3.05) is 9.80 Å². The van der Waals surface area contributed by atoms with Gasteiger partial charge in [0.1, 0.15) is 33.5 Å². The Morgan fingerprint density at radius 3 is 0.934 bits per heavy atom. The van der Waals surface area contributed by atoms with Crippen LogP contribution in [0, 0.1) is 0 Å². The van der Waals surface area contributed by atoms with Crippen molar-refractivity contribution in [1.29, 1.82) is 0 Å². The number of hydrogen-bond acceptors (Lipinski definition) is 6. The first-order valence-electron chi connectivity index (χ1n) is 25.6. The van der Waals surface area contributed by atoms with Gasteiger partial charge in [-0.15, -0.1) is 0 Å². The zero-order valence-electron chi connectivity index (χ0n) is 40.8. The molecular formula is C70H42N2O4. The molecule has 0 amide bonds. The summed E-state index contributed by atoms with van der Waals surface area (Å²) < 4.78 is 26.7. The van der Waals surface area contributed by atoms with Crippen LogP contribution in [-0.4, -0.2) is 0 Å². The van der Waals surface area contributed by atoms with Crippen molar-refractivity contribution >= 4 is 133 Å². The van der Waals surface area contributed by atoms with Gasteiger partial charge < -0.3 is 27.5 Å². The Kier molecular flexibility index (Phi) is 9.23. The second-order valence-electron chi connectivity index (χ2n) is 19.5. The molecule has 0 saturated carbocycles. The highest BCUT2D eigenvalue weighted by Gasteiger charge is 2.22. The van der Waals surface area contributed by atoms with Gasteiger partial charge in [0.15, 0.2) is 11.2 Å². The summed E-state index contributed by atoms with van der Waals surface area (Å²) in [5.41, 5.74) is 17.3. The number of benzene rings is 12. The predicted molar refractivity (Wildman–Crippen MR) is 313 cm³/mol. The van der Waals surface area contributed by atoms with Crippen molar-refractivity contribution in [3.63, 3.8) is 0 Å². The molecule has 0 unspecified atom stereocenters. The number of rotatable bonds is 8. The Hall–Kier alpha value is -10.3. The predicted octanol–water partition coefficient (Wildman–Crippen LogP) is 20.7. The van der Waals surface area contributed by atoms with E-state index in [1.807, 2.05) is 36.4 Å². The minimum Gasteiger partial charge on any atom is -0.455 e. The maximum atomic E-state index is 6.82. The van der Waals surface area contributed by atoms with Crippen LogP contribution in [-0.2, 0) is 0 Å². The second kappa shape index (κ2) is 16.6. The normalized spacial score (nSPS) is 11.9. The van der Waals surface area contributed by atoms with Crippen molar-refractivity contribution in [2.45, 2.75) is 0 Å². The van der Waals surface area contributed by atoms with Crippen LogP contribution in [0.15, 0.2) is 272 Å². The maximum absolute atomic E-state index is 6.82. The minimum absolute atomic E-state index is 0.838. The van der Waals surface area contributed by atoms with Gasteiger partial charge in [0, 0.05) is 76.6 Å². The zero-order chi connectivity index (χ0) is 49.8. The van der Waals surface area contributed by atoms with Crippen LogP contribution in [0.4, 0.5) is 34.1 Å². The average Bonchev–Trinajstić information content (AvgIpc) is 4.28. The summed E-state index contributed by atoms with van der Waals surface area (Å²) in [7, 11) is 0. The quantitative estimate of drug-likeness (QED) is 0.151. The number of hydrogen-bond donors (Lipinski definition) is 0. The fraction of sp³-hybridized carbons (Fsp3) is 0. The van der Waals surface area contributed by atoms with Gasteiger partial charge >= 0.3 is 0 Å². The van der Waals surface area contributed by atoms with Crippen molar-refractivity contribution < 1.29 is 17.7 Å². The molecule has 0 spiro atoms. The molecule has 4 aromatic heterocycles. The molecule has 0 aliphatic heterocycles. The monoisotopic (exact) mass is 974 g/mol. The van der Waals surface area contributed by atoms with E-state index in [2.05, 4.69) is 228 Å². The highest BCUT2D eigenvalue weighted by atomic mass is 16.3. The summed E-state index contributed by atoms with van der Waals surface area (Å²) in [6.45, 7) is 0. The topological polar surface area (TPSA) is 59.0 Å². The molecule has 0 aliphatic rings. The standard InChI is InChI=1S/C70H42N2O4/c1-3-13-47(14-4-1)71(61-21-11-19-55-51-17-7-9-23-63(51)73-69(55)61)49-31-25-43(26-32-49)45-29-35-53-57-37-39-60-59(67(57)75-65(53)41-45)40-38-58-54-36-30-46(42-66(54)76-68(58)60)44-27-33-50(34-28-44)72(48-15-5-2-6-16-48)62-22-12-20-56-52-18-8-10-24-64(52)74-70(56)62/h1-42H. The van der Waals surface area contributed by atoms with E-state index in [-0.39, 0.29) is 0 Å². The van der Waals surface area contributed by atoms with Crippen LogP contribution in [0.1, 0.15) is 0 Å². The van der Waals surface area contributed by atoms with E-state index in [0.717, 1.165) is 155 Å². The molecule has 6 nitrogen and oxygen atoms in total. The van der Waals surface area contributed by atoms with Gasteiger partial charge in [-0.25, -0.2) is 0 Å². The number of anilines is 6. The van der Waals surface area contributed by atoms with Gasteiger partial charge in [-0.05, 0) is 144 Å². The molecule has 76 heavy (non-hydrogen) atoms. The Bertz CT molecular complexity index is 4620. The molecule has 0 bridgehead atoms. The third-order valence-electron chi connectivity index (χ3n) is 15.3. The van der Waals surface area contributed by atoms with Crippen molar-refractivity contribution in [3.05, 3.63) is 255 Å². The largest absolute Gasteiger partial charge is 0.455 e. The van der Waals surface area contributed by atoms with E-state index in [4.69, 9.17) is 17.7 Å². The number of fused-ring (bicyclic) bond motifs is 15. The van der Waals surface area contributed by atoms with Gasteiger partial charge in [-0.1, -0.05) is 133 Å². The van der Waals surface area contributed by atoms with Crippen molar-refractivity contribution in [2.24, 2.45) is 0 Å². The molecule has 0 radical (unpaired) electrons. The van der Waals surface area contributed by atoms with Crippen molar-refractivity contribution in [1.82, 2.24) is 0 Å². The van der Waals surface area contributed by atoms with E-state index < -0.39 is 0 Å². The molecular weight excluding hydrogens is 933 g/mol. The highest BCUT2D eigenvalue weighted by molar-refractivity contribution is 6.23. The minimum atomic E-state index is 0.838. The zero-order valence-corrected chi connectivity index (χ0v) is 40.8. The molecule has 16 rings (SSSR count). The summed E-state index contributed by atoms with van der Waals surface area (Å²) in [5, 5.41) is 10.7. The third-order valence-corrected chi connectivity index (χ3v) is 15.3. The molecule has 0 saturated heterocycles. The molecule has 6 heteroatoms. The Labute approximate surface area is 435 Å². The Morgan fingerprint density at radius 2 is 0.500 bits per heavy atom. The van der Waals surface area contributed by atoms with Crippen LogP contribution in [0.3, 0.4) is 0 Å². The highest BCUT2D eigenvalue weighted by Crippen LogP contribution is 2.46. The molecule has 0 N–H and O–H groups in total.